The van der Waals surface area contributed by atoms with Crippen molar-refractivity contribution in [3.63, 3.8) is 0 Å². The van der Waals surface area contributed by atoms with Crippen LogP contribution in [0.3, 0.4) is 0 Å². The fourth-order valence-electron chi connectivity index (χ4n) is 2.46. The van der Waals surface area contributed by atoms with Gasteiger partial charge in [-0.2, -0.15) is 13.2 Å². The van der Waals surface area contributed by atoms with Crippen LogP contribution in [0.5, 0.6) is 0 Å². The summed E-state index contributed by atoms with van der Waals surface area (Å²) in [5, 5.41) is 1.43. The molecule has 1 unspecified atom stereocenters. The van der Waals surface area contributed by atoms with Crippen LogP contribution in [0.1, 0.15) is 25.8 Å². The Morgan fingerprint density at radius 2 is 1.67 bits per heavy atom. The zero-order valence-corrected chi connectivity index (χ0v) is 15.6. The largest absolute Gasteiger partial charge is 0.417 e. The van der Waals surface area contributed by atoms with Gasteiger partial charge in [-0.3, -0.25) is 4.79 Å². The third-order valence-electron chi connectivity index (χ3n) is 3.69. The van der Waals surface area contributed by atoms with Gasteiger partial charge < -0.3 is 0 Å². The molecule has 0 saturated carbocycles. The number of halogens is 6. The summed E-state index contributed by atoms with van der Waals surface area (Å²) >= 11 is 3.97. The number of benzene rings is 2. The molecular weight excluding hydrogens is 453 g/mol. The standard InChI is InChI=1S/C18H9BrF5NOS/c19-15(16(26)9-4-1-2-5-10(9)18(22,23)24)17-25-13(8-27-17)14-11(20)6-3-7-12(14)21/h1-8,15H. The Bertz CT molecular complexity index is 981. The van der Waals surface area contributed by atoms with E-state index < -0.39 is 39.5 Å². The van der Waals surface area contributed by atoms with Crippen molar-refractivity contribution >= 4 is 33.0 Å². The second-order valence-corrected chi connectivity index (χ2v) is 7.24. The number of alkyl halides is 4. The van der Waals surface area contributed by atoms with Crippen molar-refractivity contribution in [2.45, 2.75) is 11.0 Å². The minimum atomic E-state index is -4.69. The first-order chi connectivity index (χ1) is 12.7. The Kier molecular flexibility index (Phi) is 5.43. The Hall–Kier alpha value is -2.13. The maximum Gasteiger partial charge on any atom is 0.417 e. The van der Waals surface area contributed by atoms with Crippen molar-refractivity contribution in [1.29, 1.82) is 0 Å². The lowest BCUT2D eigenvalue weighted by atomic mass is 10.0. The molecule has 140 valence electrons. The highest BCUT2D eigenvalue weighted by Crippen LogP contribution is 2.38. The van der Waals surface area contributed by atoms with Crippen molar-refractivity contribution in [1.82, 2.24) is 4.98 Å². The van der Waals surface area contributed by atoms with Gasteiger partial charge in [0.2, 0.25) is 0 Å². The molecule has 0 aliphatic carbocycles. The molecule has 2 nitrogen and oxygen atoms in total. The van der Waals surface area contributed by atoms with Gasteiger partial charge in [-0.05, 0) is 18.2 Å². The molecule has 2 aromatic carbocycles. The van der Waals surface area contributed by atoms with Gasteiger partial charge in [-0.1, -0.05) is 40.2 Å². The van der Waals surface area contributed by atoms with Crippen molar-refractivity contribution in [2.75, 3.05) is 0 Å². The van der Waals surface area contributed by atoms with Crippen molar-refractivity contribution in [3.05, 3.63) is 75.6 Å². The number of aromatic nitrogens is 1. The van der Waals surface area contributed by atoms with Gasteiger partial charge in [0.05, 0.1) is 16.8 Å². The number of hydrogen-bond acceptors (Lipinski definition) is 3. The van der Waals surface area contributed by atoms with Crippen molar-refractivity contribution in [3.8, 4) is 11.3 Å². The maximum atomic E-state index is 13.9. The lowest BCUT2D eigenvalue weighted by Gasteiger charge is -2.13. The number of rotatable bonds is 4. The van der Waals surface area contributed by atoms with Crippen LogP contribution < -0.4 is 0 Å². The van der Waals surface area contributed by atoms with Crippen LogP contribution in [0.25, 0.3) is 11.3 Å². The maximum absolute atomic E-state index is 13.9. The number of ketones is 1. The number of Topliss-reactive ketones (excluding diaryl/α,β-unsaturated/α-hetero) is 1. The SMILES string of the molecule is O=C(c1ccccc1C(F)(F)F)C(Br)c1nc(-c2c(F)cccc2F)cs1. The van der Waals surface area contributed by atoms with Gasteiger partial charge in [0, 0.05) is 10.9 Å². The van der Waals surface area contributed by atoms with Gasteiger partial charge in [0.1, 0.15) is 21.5 Å². The summed E-state index contributed by atoms with van der Waals surface area (Å²) in [6, 6.07) is 7.73. The third-order valence-corrected chi connectivity index (χ3v) is 5.75. The molecule has 0 amide bonds. The summed E-state index contributed by atoms with van der Waals surface area (Å²) in [6.07, 6.45) is -4.69. The normalized spacial score (nSPS) is 12.8. The summed E-state index contributed by atoms with van der Waals surface area (Å²) in [6.45, 7) is 0. The summed E-state index contributed by atoms with van der Waals surface area (Å²) in [5.74, 6) is -2.50. The van der Waals surface area contributed by atoms with E-state index in [4.69, 9.17) is 0 Å². The second kappa shape index (κ2) is 7.47. The van der Waals surface area contributed by atoms with E-state index in [-0.39, 0.29) is 16.3 Å². The van der Waals surface area contributed by atoms with Crippen LogP contribution in [-0.2, 0) is 6.18 Å². The monoisotopic (exact) mass is 461 g/mol. The van der Waals surface area contributed by atoms with Crippen LogP contribution >= 0.6 is 27.3 Å². The van der Waals surface area contributed by atoms with Gasteiger partial charge in [-0.25, -0.2) is 13.8 Å². The third kappa shape index (κ3) is 3.93. The smallest absolute Gasteiger partial charge is 0.292 e. The Morgan fingerprint density at radius 1 is 1.04 bits per heavy atom. The molecule has 0 fully saturated rings. The summed E-state index contributed by atoms with van der Waals surface area (Å²) in [5.41, 5.74) is -1.97. The van der Waals surface area contributed by atoms with Crippen molar-refractivity contribution < 1.29 is 26.7 Å². The van der Waals surface area contributed by atoms with E-state index >= 15 is 0 Å². The van der Waals surface area contributed by atoms with E-state index in [2.05, 4.69) is 20.9 Å². The lowest BCUT2D eigenvalue weighted by molar-refractivity contribution is -0.137. The number of hydrogen-bond donors (Lipinski definition) is 0. The second-order valence-electron chi connectivity index (χ2n) is 5.44. The topological polar surface area (TPSA) is 30.0 Å². The summed E-state index contributed by atoms with van der Waals surface area (Å²) in [4.78, 5) is 15.4. The first-order valence-corrected chi connectivity index (χ1v) is 9.24. The molecule has 0 radical (unpaired) electrons. The van der Waals surface area contributed by atoms with Crippen LogP contribution in [0.2, 0.25) is 0 Å². The molecule has 0 aliphatic rings. The number of nitrogens with zero attached hydrogens (tertiary/aromatic N) is 1. The van der Waals surface area contributed by atoms with Gasteiger partial charge in [0.25, 0.3) is 0 Å². The molecule has 0 N–H and O–H groups in total. The highest BCUT2D eigenvalue weighted by atomic mass is 79.9. The fraction of sp³-hybridized carbons (Fsp3) is 0.111. The molecular formula is C18H9BrF5NOS. The van der Waals surface area contributed by atoms with E-state index in [1.165, 1.54) is 23.6 Å². The Morgan fingerprint density at radius 3 is 2.30 bits per heavy atom. The first-order valence-electron chi connectivity index (χ1n) is 7.44. The molecule has 0 aliphatic heterocycles. The average Bonchev–Trinajstić information content (AvgIpc) is 3.09. The minimum absolute atomic E-state index is 0.0352. The zero-order valence-electron chi connectivity index (χ0n) is 13.2. The van der Waals surface area contributed by atoms with Crippen LogP contribution in [0.15, 0.2) is 47.8 Å². The quantitative estimate of drug-likeness (QED) is 0.254. The number of carbonyl (C=O) groups is 1. The Balaban J connectivity index is 1.96. The molecule has 9 heteroatoms. The average molecular weight is 462 g/mol. The molecule has 3 aromatic rings. The molecule has 1 heterocycles. The summed E-state index contributed by atoms with van der Waals surface area (Å²) in [7, 11) is 0. The van der Waals surface area contributed by atoms with Crippen molar-refractivity contribution in [2.24, 2.45) is 0 Å². The predicted molar refractivity (Wildman–Crippen MR) is 94.9 cm³/mol. The van der Waals surface area contributed by atoms with E-state index in [0.717, 1.165) is 35.6 Å². The van der Waals surface area contributed by atoms with Crippen LogP contribution in [-0.4, -0.2) is 10.8 Å². The Labute approximate surface area is 162 Å². The highest BCUT2D eigenvalue weighted by Gasteiger charge is 2.36. The predicted octanol–water partition coefficient (Wildman–Crippen LogP) is 6.43. The molecule has 1 atom stereocenters. The molecule has 1 aromatic heterocycles. The van der Waals surface area contributed by atoms with Gasteiger partial charge in [0.15, 0.2) is 5.78 Å². The van der Waals surface area contributed by atoms with E-state index in [9.17, 15) is 26.7 Å². The van der Waals surface area contributed by atoms with Crippen LogP contribution in [0.4, 0.5) is 22.0 Å². The van der Waals surface area contributed by atoms with E-state index in [0.29, 0.717) is 0 Å². The molecule has 0 spiro atoms. The molecule has 0 saturated heterocycles. The summed E-state index contributed by atoms with van der Waals surface area (Å²) < 4.78 is 67.1. The number of carbonyl (C=O) groups excluding carboxylic acids is 1. The molecule has 3 rings (SSSR count). The molecule has 27 heavy (non-hydrogen) atoms. The molecule has 0 bridgehead atoms. The fourth-order valence-corrected chi connectivity index (χ4v) is 3.91. The lowest BCUT2D eigenvalue weighted by Crippen LogP contribution is -2.15. The first kappa shape index (κ1) is 19.6. The highest BCUT2D eigenvalue weighted by molar-refractivity contribution is 9.09. The minimum Gasteiger partial charge on any atom is -0.292 e. The van der Waals surface area contributed by atoms with Gasteiger partial charge >= 0.3 is 6.18 Å². The number of thiazole rings is 1. The van der Waals surface area contributed by atoms with Gasteiger partial charge in [-0.15, -0.1) is 11.3 Å². The van der Waals surface area contributed by atoms with E-state index in [1.54, 1.807) is 0 Å². The van der Waals surface area contributed by atoms with Crippen LogP contribution in [0, 0.1) is 11.6 Å². The zero-order chi connectivity index (χ0) is 19.8. The van der Waals surface area contributed by atoms with E-state index in [1.807, 2.05) is 0 Å².